The molecule has 5 heteroatoms. The van der Waals surface area contributed by atoms with Gasteiger partial charge in [0.25, 0.3) is 0 Å². The Morgan fingerprint density at radius 3 is 2.85 bits per heavy atom. The van der Waals surface area contributed by atoms with E-state index in [0.29, 0.717) is 0 Å². The minimum absolute atomic E-state index is 0.228. The average Bonchev–Trinajstić information content (AvgIpc) is 2.81. The first kappa shape index (κ1) is 13.3. The van der Waals surface area contributed by atoms with Gasteiger partial charge in [-0.1, -0.05) is 12.1 Å². The highest BCUT2D eigenvalue weighted by Gasteiger charge is 2.14. The fourth-order valence-electron chi connectivity index (χ4n) is 2.60. The number of aromatic amines is 1. The zero-order valence-corrected chi connectivity index (χ0v) is 11.6. The summed E-state index contributed by atoms with van der Waals surface area (Å²) in [5, 5.41) is 3.34. The van der Waals surface area contributed by atoms with Crippen LogP contribution in [0.2, 0.25) is 0 Å². The van der Waals surface area contributed by atoms with Crippen molar-refractivity contribution in [2.75, 3.05) is 26.2 Å². The number of rotatable bonds is 3. The maximum absolute atomic E-state index is 13.3. The molecule has 20 heavy (non-hydrogen) atoms. The van der Waals surface area contributed by atoms with Crippen LogP contribution in [0.3, 0.4) is 0 Å². The van der Waals surface area contributed by atoms with Crippen molar-refractivity contribution in [2.24, 2.45) is 0 Å². The lowest BCUT2D eigenvalue weighted by Gasteiger charge is -2.26. The van der Waals surface area contributed by atoms with E-state index in [2.05, 4.69) is 20.2 Å². The number of nitrogens with zero attached hydrogens (tertiary/aromatic N) is 2. The molecule has 0 aliphatic carbocycles. The van der Waals surface area contributed by atoms with E-state index >= 15 is 0 Å². The minimum Gasteiger partial charge on any atom is -0.344 e. The molecule has 106 valence electrons. The minimum atomic E-state index is -0.228. The maximum Gasteiger partial charge on any atom is 0.123 e. The number of halogens is 1. The second-order valence-corrected chi connectivity index (χ2v) is 5.19. The first-order chi connectivity index (χ1) is 9.72. The maximum atomic E-state index is 13.3. The monoisotopic (exact) mass is 274 g/mol. The number of hydrogen-bond donors (Lipinski definition) is 2. The van der Waals surface area contributed by atoms with Crippen molar-refractivity contribution in [3.05, 3.63) is 41.6 Å². The third kappa shape index (κ3) is 2.89. The van der Waals surface area contributed by atoms with Gasteiger partial charge in [0.1, 0.15) is 11.6 Å². The van der Waals surface area contributed by atoms with Gasteiger partial charge < -0.3 is 10.3 Å². The number of benzene rings is 1. The van der Waals surface area contributed by atoms with Gasteiger partial charge in [0.15, 0.2) is 0 Å². The number of nitrogens with one attached hydrogen (secondary N) is 2. The molecule has 2 heterocycles. The van der Waals surface area contributed by atoms with E-state index in [0.717, 1.165) is 55.5 Å². The predicted octanol–water partition coefficient (Wildman–Crippen LogP) is 1.93. The SMILES string of the molecule is Cc1[nH]c(CN2CCNCC2)nc1-c1cccc(F)c1. The Balaban J connectivity index is 1.80. The molecule has 1 aliphatic heterocycles. The number of aryl methyl sites for hydroxylation is 1. The average molecular weight is 274 g/mol. The van der Waals surface area contributed by atoms with Crippen LogP contribution >= 0.6 is 0 Å². The quantitative estimate of drug-likeness (QED) is 0.899. The summed E-state index contributed by atoms with van der Waals surface area (Å²) in [5.74, 6) is 0.720. The van der Waals surface area contributed by atoms with Gasteiger partial charge in [0.2, 0.25) is 0 Å². The Hall–Kier alpha value is -1.72. The summed E-state index contributed by atoms with van der Waals surface area (Å²) in [6, 6.07) is 6.58. The molecule has 4 nitrogen and oxygen atoms in total. The smallest absolute Gasteiger partial charge is 0.123 e. The van der Waals surface area contributed by atoms with Crippen LogP contribution in [-0.2, 0) is 6.54 Å². The van der Waals surface area contributed by atoms with Crippen LogP contribution in [0.4, 0.5) is 4.39 Å². The molecule has 0 unspecified atom stereocenters. The van der Waals surface area contributed by atoms with Crippen molar-refractivity contribution in [1.29, 1.82) is 0 Å². The Labute approximate surface area is 118 Å². The Bertz CT molecular complexity index is 587. The summed E-state index contributed by atoms with van der Waals surface area (Å²) in [4.78, 5) is 10.3. The van der Waals surface area contributed by atoms with Crippen molar-refractivity contribution >= 4 is 0 Å². The standard InChI is InChI=1S/C15H19FN4/c1-11-15(12-3-2-4-13(16)9-12)19-14(18-11)10-20-7-5-17-6-8-20/h2-4,9,17H,5-8,10H2,1H3,(H,18,19). The van der Waals surface area contributed by atoms with Gasteiger partial charge in [-0.2, -0.15) is 0 Å². The number of imidazole rings is 1. The Morgan fingerprint density at radius 2 is 2.10 bits per heavy atom. The zero-order valence-electron chi connectivity index (χ0n) is 11.6. The van der Waals surface area contributed by atoms with Gasteiger partial charge in [-0.05, 0) is 19.1 Å². The molecule has 2 aromatic rings. The molecule has 3 rings (SSSR count). The van der Waals surface area contributed by atoms with Gasteiger partial charge >= 0.3 is 0 Å². The van der Waals surface area contributed by atoms with Gasteiger partial charge in [-0.25, -0.2) is 9.37 Å². The van der Waals surface area contributed by atoms with Crippen molar-refractivity contribution in [3.63, 3.8) is 0 Å². The molecule has 1 aromatic carbocycles. The molecule has 0 spiro atoms. The van der Waals surface area contributed by atoms with Crippen LogP contribution in [0, 0.1) is 12.7 Å². The molecule has 0 atom stereocenters. The molecule has 1 aliphatic rings. The van der Waals surface area contributed by atoms with Crippen LogP contribution in [-0.4, -0.2) is 41.0 Å². The highest BCUT2D eigenvalue weighted by molar-refractivity contribution is 5.61. The number of H-pyrrole nitrogens is 1. The largest absolute Gasteiger partial charge is 0.344 e. The summed E-state index contributed by atoms with van der Waals surface area (Å²) >= 11 is 0. The van der Waals surface area contributed by atoms with Gasteiger partial charge in [-0.3, -0.25) is 4.90 Å². The Kier molecular flexibility index (Phi) is 3.80. The van der Waals surface area contributed by atoms with Crippen molar-refractivity contribution in [1.82, 2.24) is 20.2 Å². The normalized spacial score (nSPS) is 16.5. The topological polar surface area (TPSA) is 44.0 Å². The third-order valence-electron chi connectivity index (χ3n) is 3.61. The highest BCUT2D eigenvalue weighted by Crippen LogP contribution is 2.22. The Morgan fingerprint density at radius 1 is 1.30 bits per heavy atom. The molecule has 1 saturated heterocycles. The number of aromatic nitrogens is 2. The molecule has 1 fully saturated rings. The molecular formula is C15H19FN4. The summed E-state index contributed by atoms with van der Waals surface area (Å²) < 4.78 is 13.3. The van der Waals surface area contributed by atoms with Crippen LogP contribution in [0.15, 0.2) is 24.3 Å². The number of hydrogen-bond acceptors (Lipinski definition) is 3. The molecule has 2 N–H and O–H groups in total. The second-order valence-electron chi connectivity index (χ2n) is 5.19. The summed E-state index contributed by atoms with van der Waals surface area (Å²) in [7, 11) is 0. The molecule has 0 amide bonds. The van der Waals surface area contributed by atoms with Gasteiger partial charge in [-0.15, -0.1) is 0 Å². The van der Waals surface area contributed by atoms with Crippen LogP contribution in [0.25, 0.3) is 11.3 Å². The van der Waals surface area contributed by atoms with E-state index in [1.165, 1.54) is 12.1 Å². The van der Waals surface area contributed by atoms with E-state index in [9.17, 15) is 4.39 Å². The first-order valence-electron chi connectivity index (χ1n) is 6.97. The van der Waals surface area contributed by atoms with Crippen LogP contribution < -0.4 is 5.32 Å². The molecule has 1 aromatic heterocycles. The summed E-state index contributed by atoms with van der Waals surface area (Å²) in [6.07, 6.45) is 0. The van der Waals surface area contributed by atoms with E-state index in [-0.39, 0.29) is 5.82 Å². The predicted molar refractivity (Wildman–Crippen MR) is 76.9 cm³/mol. The van der Waals surface area contributed by atoms with Gasteiger partial charge in [0, 0.05) is 37.4 Å². The van der Waals surface area contributed by atoms with Crippen molar-refractivity contribution < 1.29 is 4.39 Å². The van der Waals surface area contributed by atoms with Crippen LogP contribution in [0.5, 0.6) is 0 Å². The van der Waals surface area contributed by atoms with Crippen LogP contribution in [0.1, 0.15) is 11.5 Å². The van der Waals surface area contributed by atoms with E-state index in [1.807, 2.05) is 13.0 Å². The lowest BCUT2D eigenvalue weighted by atomic mass is 10.1. The van der Waals surface area contributed by atoms with Gasteiger partial charge in [0.05, 0.1) is 12.2 Å². The first-order valence-corrected chi connectivity index (χ1v) is 6.97. The lowest BCUT2D eigenvalue weighted by molar-refractivity contribution is 0.228. The second kappa shape index (κ2) is 5.73. The fraction of sp³-hybridized carbons (Fsp3) is 0.400. The van der Waals surface area contributed by atoms with E-state index in [4.69, 9.17) is 0 Å². The van der Waals surface area contributed by atoms with E-state index in [1.54, 1.807) is 6.07 Å². The lowest BCUT2D eigenvalue weighted by Crippen LogP contribution is -2.43. The molecule has 0 radical (unpaired) electrons. The highest BCUT2D eigenvalue weighted by atomic mass is 19.1. The van der Waals surface area contributed by atoms with Crippen molar-refractivity contribution in [3.8, 4) is 11.3 Å². The van der Waals surface area contributed by atoms with E-state index < -0.39 is 0 Å². The summed E-state index contributed by atoms with van der Waals surface area (Å²) in [5.41, 5.74) is 2.65. The molecular weight excluding hydrogens is 255 g/mol. The zero-order chi connectivity index (χ0) is 13.9. The molecule has 0 bridgehead atoms. The third-order valence-corrected chi connectivity index (χ3v) is 3.61. The number of piperazine rings is 1. The van der Waals surface area contributed by atoms with Crippen molar-refractivity contribution in [2.45, 2.75) is 13.5 Å². The fourth-order valence-corrected chi connectivity index (χ4v) is 2.60. The molecule has 0 saturated carbocycles. The summed E-state index contributed by atoms with van der Waals surface area (Å²) in [6.45, 7) is 6.92.